The van der Waals surface area contributed by atoms with Gasteiger partial charge in [0, 0.05) is 12.6 Å². The van der Waals surface area contributed by atoms with Crippen LogP contribution in [0.25, 0.3) is 0 Å². The molecule has 12 heavy (non-hydrogen) atoms. The predicted octanol–water partition coefficient (Wildman–Crippen LogP) is 1.93. The summed E-state index contributed by atoms with van der Waals surface area (Å²) in [4.78, 5) is 0. The van der Waals surface area contributed by atoms with Gasteiger partial charge in [0.25, 0.3) is 0 Å². The maximum Gasteiger partial charge on any atom is 0.0854 e. The van der Waals surface area contributed by atoms with Crippen molar-refractivity contribution in [2.75, 3.05) is 7.11 Å². The third-order valence-electron chi connectivity index (χ3n) is 3.84. The van der Waals surface area contributed by atoms with Crippen LogP contribution in [0.3, 0.4) is 0 Å². The van der Waals surface area contributed by atoms with Crippen molar-refractivity contribution in [2.45, 2.75) is 51.2 Å². The molecule has 2 N–H and O–H groups in total. The number of ether oxygens (including phenoxy) is 1. The minimum Gasteiger partial charge on any atom is -0.376 e. The standard InChI is InChI=1S/C10H21NO/c1-5-8-6-7-9(2,11)10(8,3)12-4/h8H,5-7,11H2,1-4H3/t8-,9?,10?/m0/s1. The van der Waals surface area contributed by atoms with Crippen molar-refractivity contribution >= 4 is 0 Å². The Morgan fingerprint density at radius 3 is 2.42 bits per heavy atom. The lowest BCUT2D eigenvalue weighted by molar-refractivity contribution is -0.0663. The largest absolute Gasteiger partial charge is 0.376 e. The van der Waals surface area contributed by atoms with Gasteiger partial charge in [0.1, 0.15) is 0 Å². The Hall–Kier alpha value is -0.0800. The second kappa shape index (κ2) is 3.00. The Kier molecular flexibility index (Phi) is 2.50. The molecule has 2 nitrogen and oxygen atoms in total. The van der Waals surface area contributed by atoms with Crippen molar-refractivity contribution < 1.29 is 4.74 Å². The van der Waals surface area contributed by atoms with Crippen LogP contribution in [0.1, 0.15) is 40.0 Å². The number of hydrogen-bond acceptors (Lipinski definition) is 2. The summed E-state index contributed by atoms with van der Waals surface area (Å²) < 4.78 is 5.59. The van der Waals surface area contributed by atoms with Gasteiger partial charge in [0.2, 0.25) is 0 Å². The summed E-state index contributed by atoms with van der Waals surface area (Å²) in [5.41, 5.74) is 5.93. The summed E-state index contributed by atoms with van der Waals surface area (Å²) >= 11 is 0. The highest BCUT2D eigenvalue weighted by atomic mass is 16.5. The van der Waals surface area contributed by atoms with Crippen molar-refractivity contribution in [2.24, 2.45) is 11.7 Å². The normalized spacial score (nSPS) is 48.2. The van der Waals surface area contributed by atoms with Crippen LogP contribution in [0, 0.1) is 5.92 Å². The fraction of sp³-hybridized carbons (Fsp3) is 1.00. The molecule has 0 aromatic heterocycles. The lowest BCUT2D eigenvalue weighted by atomic mass is 9.80. The zero-order valence-electron chi connectivity index (χ0n) is 8.68. The van der Waals surface area contributed by atoms with Gasteiger partial charge in [0.05, 0.1) is 5.60 Å². The van der Waals surface area contributed by atoms with Crippen LogP contribution < -0.4 is 5.73 Å². The van der Waals surface area contributed by atoms with E-state index in [0.717, 1.165) is 12.8 Å². The summed E-state index contributed by atoms with van der Waals surface area (Å²) in [6.07, 6.45) is 3.45. The van der Waals surface area contributed by atoms with E-state index in [1.54, 1.807) is 7.11 Å². The molecule has 0 aromatic rings. The van der Waals surface area contributed by atoms with Crippen molar-refractivity contribution in [3.05, 3.63) is 0 Å². The monoisotopic (exact) mass is 171 g/mol. The molecule has 2 heteroatoms. The Balaban J connectivity index is 2.87. The van der Waals surface area contributed by atoms with Crippen molar-refractivity contribution in [3.8, 4) is 0 Å². The van der Waals surface area contributed by atoms with E-state index in [4.69, 9.17) is 10.5 Å². The molecule has 1 saturated carbocycles. The van der Waals surface area contributed by atoms with E-state index in [1.165, 1.54) is 6.42 Å². The number of methoxy groups -OCH3 is 1. The SMILES string of the molecule is CC[C@H]1CCC(C)(N)C1(C)OC. The van der Waals surface area contributed by atoms with Gasteiger partial charge >= 0.3 is 0 Å². The molecule has 0 spiro atoms. The molecule has 0 saturated heterocycles. The fourth-order valence-electron chi connectivity index (χ4n) is 2.46. The molecular weight excluding hydrogens is 150 g/mol. The summed E-state index contributed by atoms with van der Waals surface area (Å²) in [5.74, 6) is 0.623. The van der Waals surface area contributed by atoms with Gasteiger partial charge in [-0.05, 0) is 32.6 Å². The number of rotatable bonds is 2. The van der Waals surface area contributed by atoms with Crippen LogP contribution in [0.4, 0.5) is 0 Å². The second-order valence-electron chi connectivity index (χ2n) is 4.37. The topological polar surface area (TPSA) is 35.2 Å². The van der Waals surface area contributed by atoms with Crippen LogP contribution in [-0.4, -0.2) is 18.2 Å². The van der Waals surface area contributed by atoms with Crippen LogP contribution in [0.2, 0.25) is 0 Å². The highest BCUT2D eigenvalue weighted by Gasteiger charge is 2.52. The molecule has 0 aliphatic heterocycles. The summed E-state index contributed by atoms with van der Waals surface area (Å²) in [5, 5.41) is 0. The van der Waals surface area contributed by atoms with E-state index in [9.17, 15) is 0 Å². The first-order chi connectivity index (χ1) is 5.48. The van der Waals surface area contributed by atoms with Crippen LogP contribution in [-0.2, 0) is 4.74 Å². The molecule has 1 aliphatic carbocycles. The van der Waals surface area contributed by atoms with Crippen LogP contribution in [0.15, 0.2) is 0 Å². The van der Waals surface area contributed by atoms with Crippen LogP contribution in [0.5, 0.6) is 0 Å². The molecule has 0 aromatic carbocycles. The lowest BCUT2D eigenvalue weighted by Crippen LogP contribution is -2.56. The molecule has 1 aliphatic rings. The molecule has 2 unspecified atom stereocenters. The average Bonchev–Trinajstić information content (AvgIpc) is 2.25. The van der Waals surface area contributed by atoms with E-state index in [2.05, 4.69) is 20.8 Å². The van der Waals surface area contributed by atoms with E-state index in [1.807, 2.05) is 0 Å². The highest BCUT2D eigenvalue weighted by molar-refractivity contribution is 5.08. The van der Waals surface area contributed by atoms with E-state index >= 15 is 0 Å². The molecule has 0 amide bonds. The molecule has 3 atom stereocenters. The third kappa shape index (κ3) is 1.17. The van der Waals surface area contributed by atoms with Crippen molar-refractivity contribution in [3.63, 3.8) is 0 Å². The molecule has 0 heterocycles. The average molecular weight is 171 g/mol. The van der Waals surface area contributed by atoms with E-state index in [-0.39, 0.29) is 11.1 Å². The van der Waals surface area contributed by atoms with Crippen LogP contribution >= 0.6 is 0 Å². The minimum absolute atomic E-state index is 0.123. The molecule has 1 fully saturated rings. The predicted molar refractivity (Wildman–Crippen MR) is 51.0 cm³/mol. The summed E-state index contributed by atoms with van der Waals surface area (Å²) in [6, 6.07) is 0. The maximum atomic E-state index is 6.21. The quantitative estimate of drug-likeness (QED) is 0.689. The summed E-state index contributed by atoms with van der Waals surface area (Å²) in [7, 11) is 1.78. The van der Waals surface area contributed by atoms with Gasteiger partial charge < -0.3 is 10.5 Å². The van der Waals surface area contributed by atoms with Gasteiger partial charge in [-0.3, -0.25) is 0 Å². The molecule has 72 valence electrons. The zero-order valence-corrected chi connectivity index (χ0v) is 8.68. The molecular formula is C10H21NO. The molecule has 1 rings (SSSR count). The Morgan fingerprint density at radius 1 is 1.50 bits per heavy atom. The number of nitrogens with two attached hydrogens (primary N) is 1. The van der Waals surface area contributed by atoms with Gasteiger partial charge in [-0.25, -0.2) is 0 Å². The fourth-order valence-corrected chi connectivity index (χ4v) is 2.46. The van der Waals surface area contributed by atoms with E-state index < -0.39 is 0 Å². The van der Waals surface area contributed by atoms with Crippen molar-refractivity contribution in [1.82, 2.24) is 0 Å². The zero-order chi connectivity index (χ0) is 9.41. The van der Waals surface area contributed by atoms with Gasteiger partial charge in [-0.1, -0.05) is 13.3 Å². The third-order valence-corrected chi connectivity index (χ3v) is 3.84. The minimum atomic E-state index is -0.150. The molecule has 0 bridgehead atoms. The van der Waals surface area contributed by atoms with E-state index in [0.29, 0.717) is 5.92 Å². The number of hydrogen-bond donors (Lipinski definition) is 1. The van der Waals surface area contributed by atoms with Gasteiger partial charge in [-0.15, -0.1) is 0 Å². The first-order valence-electron chi connectivity index (χ1n) is 4.82. The van der Waals surface area contributed by atoms with Crippen molar-refractivity contribution in [1.29, 1.82) is 0 Å². The summed E-state index contributed by atoms with van der Waals surface area (Å²) in [6.45, 7) is 6.46. The second-order valence-corrected chi connectivity index (χ2v) is 4.37. The highest BCUT2D eigenvalue weighted by Crippen LogP contribution is 2.45. The Morgan fingerprint density at radius 2 is 2.08 bits per heavy atom. The maximum absolute atomic E-state index is 6.21. The Bertz CT molecular complexity index is 167. The Labute approximate surface area is 75.5 Å². The first kappa shape index (κ1) is 10.0. The van der Waals surface area contributed by atoms with Gasteiger partial charge in [-0.2, -0.15) is 0 Å². The van der Waals surface area contributed by atoms with Gasteiger partial charge in [0.15, 0.2) is 0 Å². The lowest BCUT2D eigenvalue weighted by Gasteiger charge is -2.40. The first-order valence-corrected chi connectivity index (χ1v) is 4.82. The molecule has 0 radical (unpaired) electrons. The smallest absolute Gasteiger partial charge is 0.0854 e.